The Morgan fingerprint density at radius 3 is 2.23 bits per heavy atom. The lowest BCUT2D eigenvalue weighted by atomic mass is 10.2. The first-order chi connectivity index (χ1) is 12.3. The van der Waals surface area contributed by atoms with E-state index in [1.165, 1.54) is 11.3 Å². The third-order valence-corrected chi connectivity index (χ3v) is 4.24. The van der Waals surface area contributed by atoms with E-state index in [1.54, 1.807) is 30.3 Å². The number of hydrogen-bond donors (Lipinski definition) is 4. The Labute approximate surface area is 156 Å². The molecule has 1 heterocycles. The Morgan fingerprint density at radius 2 is 1.65 bits per heavy atom. The van der Waals surface area contributed by atoms with Gasteiger partial charge >= 0.3 is 6.03 Å². The van der Waals surface area contributed by atoms with Crippen LogP contribution in [0, 0.1) is 6.92 Å². The number of aryl methyl sites for hydroxylation is 1. The number of carbonyl (C=O) groups is 3. The van der Waals surface area contributed by atoms with E-state index in [-0.39, 0.29) is 30.4 Å². The third kappa shape index (κ3) is 5.89. The second-order valence-corrected chi connectivity index (χ2v) is 7.23. The summed E-state index contributed by atoms with van der Waals surface area (Å²) in [7, 11) is 0. The average molecular weight is 374 g/mol. The van der Waals surface area contributed by atoms with Crippen molar-refractivity contribution in [3.05, 3.63) is 46.2 Å². The Kier molecular flexibility index (Phi) is 6.74. The minimum atomic E-state index is -0.384. The van der Waals surface area contributed by atoms with Gasteiger partial charge in [0.25, 0.3) is 5.91 Å². The molecule has 0 spiro atoms. The molecule has 2 rings (SSSR count). The molecule has 0 aliphatic heterocycles. The van der Waals surface area contributed by atoms with Crippen LogP contribution in [0.15, 0.2) is 36.4 Å². The molecule has 0 aliphatic carbocycles. The molecule has 138 valence electrons. The number of urea groups is 1. The minimum absolute atomic E-state index is 0.00662. The molecule has 1 aromatic carbocycles. The van der Waals surface area contributed by atoms with Crippen LogP contribution in [0.4, 0.5) is 16.2 Å². The summed E-state index contributed by atoms with van der Waals surface area (Å²) in [6.07, 6.45) is 0. The van der Waals surface area contributed by atoms with Gasteiger partial charge in [0.05, 0.1) is 22.8 Å². The number of amides is 4. The molecule has 26 heavy (non-hydrogen) atoms. The first-order valence-electron chi connectivity index (χ1n) is 8.16. The summed E-state index contributed by atoms with van der Waals surface area (Å²) in [5.74, 6) is -0.675. The fraction of sp³-hybridized carbons (Fsp3) is 0.278. The number of hydrogen-bond acceptors (Lipinski definition) is 4. The molecule has 0 bridgehead atoms. The number of benzene rings is 1. The highest BCUT2D eigenvalue weighted by Gasteiger charge is 2.12. The molecule has 4 amide bonds. The lowest BCUT2D eigenvalue weighted by Crippen LogP contribution is -2.35. The van der Waals surface area contributed by atoms with Gasteiger partial charge < -0.3 is 21.3 Å². The normalized spacial score (nSPS) is 10.3. The summed E-state index contributed by atoms with van der Waals surface area (Å²) in [4.78, 5) is 37.5. The van der Waals surface area contributed by atoms with Gasteiger partial charge in [-0.1, -0.05) is 12.1 Å². The molecular formula is C18H22N4O3S. The minimum Gasteiger partial charge on any atom is -0.342 e. The second kappa shape index (κ2) is 9.00. The van der Waals surface area contributed by atoms with Crippen LogP contribution in [0.2, 0.25) is 0 Å². The van der Waals surface area contributed by atoms with E-state index in [0.717, 1.165) is 4.88 Å². The van der Waals surface area contributed by atoms with Crippen molar-refractivity contribution in [3.8, 4) is 0 Å². The highest BCUT2D eigenvalue weighted by Crippen LogP contribution is 2.20. The van der Waals surface area contributed by atoms with Crippen LogP contribution in [-0.4, -0.2) is 30.4 Å². The molecule has 0 saturated carbocycles. The SMILES string of the molecule is Cc1ccc(C(=O)NCC(=O)Nc2ccccc2NC(=O)NC(C)C)s1. The van der Waals surface area contributed by atoms with Gasteiger partial charge in [0.2, 0.25) is 5.91 Å². The lowest BCUT2D eigenvalue weighted by molar-refractivity contribution is -0.115. The van der Waals surface area contributed by atoms with Crippen molar-refractivity contribution in [1.29, 1.82) is 0 Å². The Hall–Kier alpha value is -2.87. The van der Waals surface area contributed by atoms with Crippen molar-refractivity contribution in [2.45, 2.75) is 26.8 Å². The van der Waals surface area contributed by atoms with E-state index in [4.69, 9.17) is 0 Å². The van der Waals surface area contributed by atoms with Crippen molar-refractivity contribution in [1.82, 2.24) is 10.6 Å². The predicted molar refractivity (Wildman–Crippen MR) is 104 cm³/mol. The fourth-order valence-electron chi connectivity index (χ4n) is 2.12. The first kappa shape index (κ1) is 19.5. The van der Waals surface area contributed by atoms with Crippen LogP contribution >= 0.6 is 11.3 Å². The second-order valence-electron chi connectivity index (χ2n) is 5.94. The number of carbonyl (C=O) groups excluding carboxylic acids is 3. The van der Waals surface area contributed by atoms with Gasteiger partial charge in [0.15, 0.2) is 0 Å². The first-order valence-corrected chi connectivity index (χ1v) is 8.98. The zero-order valence-electron chi connectivity index (χ0n) is 14.9. The Bertz CT molecular complexity index is 801. The maximum Gasteiger partial charge on any atom is 0.319 e. The van der Waals surface area contributed by atoms with Crippen molar-refractivity contribution in [3.63, 3.8) is 0 Å². The standard InChI is InChI=1S/C18H22N4O3S/c1-11(2)20-18(25)22-14-7-5-4-6-13(14)21-16(23)10-19-17(24)15-9-8-12(3)26-15/h4-9,11H,10H2,1-3H3,(H,19,24)(H,21,23)(H2,20,22,25). The molecule has 4 N–H and O–H groups in total. The Balaban J connectivity index is 1.92. The molecule has 0 aliphatic rings. The zero-order chi connectivity index (χ0) is 19.1. The van der Waals surface area contributed by atoms with Crippen LogP contribution in [0.1, 0.15) is 28.4 Å². The maximum atomic E-state index is 12.1. The van der Waals surface area contributed by atoms with Gasteiger partial charge in [0, 0.05) is 10.9 Å². The van der Waals surface area contributed by atoms with Crippen molar-refractivity contribution >= 4 is 40.6 Å². The summed E-state index contributed by atoms with van der Waals surface area (Å²) in [5.41, 5.74) is 0.928. The molecule has 0 atom stereocenters. The number of nitrogens with one attached hydrogen (secondary N) is 4. The molecule has 0 unspecified atom stereocenters. The van der Waals surface area contributed by atoms with Crippen LogP contribution < -0.4 is 21.3 Å². The van der Waals surface area contributed by atoms with Crippen LogP contribution in [-0.2, 0) is 4.79 Å². The quantitative estimate of drug-likeness (QED) is 0.625. The molecule has 7 nitrogen and oxygen atoms in total. The van der Waals surface area contributed by atoms with Gasteiger partial charge in [0.1, 0.15) is 0 Å². The van der Waals surface area contributed by atoms with Crippen LogP contribution in [0.25, 0.3) is 0 Å². The fourth-order valence-corrected chi connectivity index (χ4v) is 2.90. The molecule has 0 fully saturated rings. The van der Waals surface area contributed by atoms with E-state index in [1.807, 2.05) is 26.8 Å². The summed E-state index contributed by atoms with van der Waals surface area (Å²) >= 11 is 1.37. The molecule has 0 radical (unpaired) electrons. The summed E-state index contributed by atoms with van der Waals surface area (Å²) in [5, 5.41) is 10.7. The molecule has 1 aromatic heterocycles. The molecule has 2 aromatic rings. The third-order valence-electron chi connectivity index (χ3n) is 3.24. The van der Waals surface area contributed by atoms with E-state index in [9.17, 15) is 14.4 Å². The lowest BCUT2D eigenvalue weighted by Gasteiger charge is -2.14. The van der Waals surface area contributed by atoms with E-state index in [2.05, 4.69) is 21.3 Å². The van der Waals surface area contributed by atoms with Gasteiger partial charge in [-0.15, -0.1) is 11.3 Å². The number of thiophene rings is 1. The highest BCUT2D eigenvalue weighted by molar-refractivity contribution is 7.13. The predicted octanol–water partition coefficient (Wildman–Crippen LogP) is 2.95. The van der Waals surface area contributed by atoms with Gasteiger partial charge in [-0.05, 0) is 45.0 Å². The van der Waals surface area contributed by atoms with E-state index < -0.39 is 0 Å². The number of para-hydroxylation sites is 2. The van der Waals surface area contributed by atoms with Crippen molar-refractivity contribution in [2.75, 3.05) is 17.2 Å². The summed E-state index contributed by atoms with van der Waals surface area (Å²) < 4.78 is 0. The smallest absolute Gasteiger partial charge is 0.319 e. The van der Waals surface area contributed by atoms with Crippen molar-refractivity contribution < 1.29 is 14.4 Å². The molecule has 0 saturated heterocycles. The Morgan fingerprint density at radius 1 is 1.00 bits per heavy atom. The summed E-state index contributed by atoms with van der Waals surface area (Å²) in [6, 6.07) is 10.1. The van der Waals surface area contributed by atoms with Crippen LogP contribution in [0.5, 0.6) is 0 Å². The molecular weight excluding hydrogens is 352 g/mol. The number of rotatable bonds is 6. The van der Waals surface area contributed by atoms with E-state index >= 15 is 0 Å². The van der Waals surface area contributed by atoms with Gasteiger partial charge in [-0.2, -0.15) is 0 Å². The van der Waals surface area contributed by atoms with Gasteiger partial charge in [-0.3, -0.25) is 9.59 Å². The maximum absolute atomic E-state index is 12.1. The average Bonchev–Trinajstić information content (AvgIpc) is 3.00. The largest absolute Gasteiger partial charge is 0.342 e. The van der Waals surface area contributed by atoms with E-state index in [0.29, 0.717) is 16.3 Å². The van der Waals surface area contributed by atoms with Crippen LogP contribution in [0.3, 0.4) is 0 Å². The zero-order valence-corrected chi connectivity index (χ0v) is 15.7. The number of anilines is 2. The monoisotopic (exact) mass is 374 g/mol. The molecule has 8 heteroatoms. The topological polar surface area (TPSA) is 99.3 Å². The summed E-state index contributed by atoms with van der Waals surface area (Å²) in [6.45, 7) is 5.45. The highest BCUT2D eigenvalue weighted by atomic mass is 32.1. The van der Waals surface area contributed by atoms with Gasteiger partial charge in [-0.25, -0.2) is 4.79 Å². The van der Waals surface area contributed by atoms with Crippen molar-refractivity contribution in [2.24, 2.45) is 0 Å².